The van der Waals surface area contributed by atoms with Gasteiger partial charge < -0.3 is 18.7 Å². The average molecular weight is 411 g/mol. The second-order valence-electron chi connectivity index (χ2n) is 4.61. The molecule has 138 valence electrons. The first-order valence-corrected chi connectivity index (χ1v) is 9.41. The number of ether oxygens (including phenoxy) is 3. The van der Waals surface area contributed by atoms with Gasteiger partial charge in [-0.25, -0.2) is 17.5 Å². The highest BCUT2D eigenvalue weighted by molar-refractivity contribution is 7.93. The highest BCUT2D eigenvalue weighted by atomic mass is 35.5. The van der Waals surface area contributed by atoms with Crippen LogP contribution in [0.5, 0.6) is 0 Å². The lowest BCUT2D eigenvalue weighted by Crippen LogP contribution is -2.33. The van der Waals surface area contributed by atoms with E-state index in [2.05, 4.69) is 9.89 Å². The third kappa shape index (κ3) is 3.96. The summed E-state index contributed by atoms with van der Waals surface area (Å²) in [4.78, 5) is 11.7. The Labute approximate surface area is 153 Å². The molecule has 12 heteroatoms. The molecule has 0 aromatic carbocycles. The van der Waals surface area contributed by atoms with Crippen LogP contribution in [0.2, 0.25) is 5.02 Å². The van der Waals surface area contributed by atoms with E-state index in [1.54, 1.807) is 6.92 Å². The van der Waals surface area contributed by atoms with Gasteiger partial charge >= 0.3 is 5.97 Å². The van der Waals surface area contributed by atoms with Gasteiger partial charge in [0.2, 0.25) is 0 Å². The van der Waals surface area contributed by atoms with E-state index in [-0.39, 0.29) is 34.2 Å². The lowest BCUT2D eigenvalue weighted by Gasteiger charge is -2.20. The van der Waals surface area contributed by atoms with Crippen LogP contribution in [-0.2, 0) is 24.2 Å². The fourth-order valence-corrected chi connectivity index (χ4v) is 4.63. The zero-order valence-electron chi connectivity index (χ0n) is 13.5. The highest BCUT2D eigenvalue weighted by Gasteiger charge is 2.35. The Bertz CT molecular complexity index is 846. The van der Waals surface area contributed by atoms with Crippen molar-refractivity contribution in [3.63, 3.8) is 0 Å². The minimum absolute atomic E-state index is 0.0272. The molecule has 2 rings (SSSR count). The Morgan fingerprint density at radius 2 is 2.12 bits per heavy atom. The predicted molar refractivity (Wildman–Crippen MR) is 89.4 cm³/mol. The molecule has 0 aliphatic heterocycles. The van der Waals surface area contributed by atoms with Crippen LogP contribution in [0.4, 0.5) is 5.88 Å². The van der Waals surface area contributed by atoms with E-state index in [9.17, 15) is 13.2 Å². The Balaban J connectivity index is 2.47. The van der Waals surface area contributed by atoms with Gasteiger partial charge in [0.15, 0.2) is 6.79 Å². The minimum Gasteiger partial charge on any atom is -0.434 e. The number of aromatic nitrogens is 1. The van der Waals surface area contributed by atoms with Gasteiger partial charge in [-0.2, -0.15) is 0 Å². The average Bonchev–Trinajstić information content (AvgIpc) is 3.19. The van der Waals surface area contributed by atoms with Crippen molar-refractivity contribution in [2.45, 2.75) is 11.8 Å². The molecule has 2 aromatic heterocycles. The van der Waals surface area contributed by atoms with Crippen LogP contribution in [0.25, 0.3) is 0 Å². The number of hydrogen-bond donors (Lipinski definition) is 0. The van der Waals surface area contributed by atoms with Crippen molar-refractivity contribution in [2.24, 2.45) is 0 Å². The molecule has 0 N–H and O–H groups in total. The third-order valence-electron chi connectivity index (χ3n) is 2.94. The van der Waals surface area contributed by atoms with Crippen LogP contribution in [0.15, 0.2) is 20.9 Å². The Morgan fingerprint density at radius 3 is 2.68 bits per heavy atom. The maximum Gasteiger partial charge on any atom is 0.351 e. The molecule has 0 atom stereocenters. The standard InChI is InChI=1S/C13H15ClN2O7S2/c1-8-10(14)12(23-15-8)16(6-20-2)25(18,19)9-4-5-24-11(9)13(17)22-7-21-3/h4-5H,6-7H2,1-3H3. The number of sulfonamides is 1. The van der Waals surface area contributed by atoms with Gasteiger partial charge in [-0.1, -0.05) is 16.8 Å². The molecule has 0 aliphatic carbocycles. The lowest BCUT2D eigenvalue weighted by atomic mass is 10.5. The minimum atomic E-state index is -4.22. The van der Waals surface area contributed by atoms with Crippen molar-refractivity contribution < 1.29 is 31.9 Å². The molecule has 2 heterocycles. The topological polar surface area (TPSA) is 108 Å². The second-order valence-corrected chi connectivity index (χ2v) is 7.74. The molecule has 2 aromatic rings. The summed E-state index contributed by atoms with van der Waals surface area (Å²) in [7, 11) is -1.58. The van der Waals surface area contributed by atoms with Crippen molar-refractivity contribution in [3.8, 4) is 0 Å². The first kappa shape index (κ1) is 19.7. The monoisotopic (exact) mass is 410 g/mol. The molecule has 0 radical (unpaired) electrons. The summed E-state index contributed by atoms with van der Waals surface area (Å²) >= 11 is 6.97. The zero-order valence-corrected chi connectivity index (χ0v) is 15.9. The van der Waals surface area contributed by atoms with Gasteiger partial charge in [-0.15, -0.1) is 11.3 Å². The zero-order chi connectivity index (χ0) is 18.6. The molecule has 0 saturated carbocycles. The van der Waals surface area contributed by atoms with Crippen molar-refractivity contribution in [2.75, 3.05) is 32.0 Å². The van der Waals surface area contributed by atoms with E-state index in [1.807, 2.05) is 0 Å². The highest BCUT2D eigenvalue weighted by Crippen LogP contribution is 2.34. The van der Waals surface area contributed by atoms with Crippen LogP contribution in [0.1, 0.15) is 15.4 Å². The first-order chi connectivity index (χ1) is 11.8. The second kappa shape index (κ2) is 8.15. The van der Waals surface area contributed by atoms with Crippen molar-refractivity contribution in [3.05, 3.63) is 27.0 Å². The number of nitrogens with zero attached hydrogens (tertiary/aromatic N) is 2. The van der Waals surface area contributed by atoms with Gasteiger partial charge in [0.25, 0.3) is 15.9 Å². The Hall–Kier alpha value is -1.66. The van der Waals surface area contributed by atoms with Gasteiger partial charge in [-0.3, -0.25) is 0 Å². The summed E-state index contributed by atoms with van der Waals surface area (Å²) in [5, 5.41) is 5.12. The van der Waals surface area contributed by atoms with E-state index >= 15 is 0 Å². The van der Waals surface area contributed by atoms with Gasteiger partial charge in [0.1, 0.15) is 27.2 Å². The van der Waals surface area contributed by atoms with Crippen LogP contribution in [0, 0.1) is 6.92 Å². The van der Waals surface area contributed by atoms with Crippen molar-refractivity contribution >= 4 is 44.8 Å². The molecule has 0 fully saturated rings. The number of hydrogen-bond acceptors (Lipinski definition) is 9. The number of esters is 1. The van der Waals surface area contributed by atoms with E-state index in [0.717, 1.165) is 15.6 Å². The molecule has 0 unspecified atom stereocenters. The fourth-order valence-electron chi connectivity index (χ4n) is 1.80. The van der Waals surface area contributed by atoms with Gasteiger partial charge in [-0.05, 0) is 18.4 Å². The largest absolute Gasteiger partial charge is 0.434 e. The maximum atomic E-state index is 13.0. The van der Waals surface area contributed by atoms with Crippen LogP contribution in [0.3, 0.4) is 0 Å². The van der Waals surface area contributed by atoms with Crippen molar-refractivity contribution in [1.82, 2.24) is 5.16 Å². The molecular formula is C13H15ClN2O7S2. The summed E-state index contributed by atoms with van der Waals surface area (Å²) in [6.45, 7) is 0.870. The van der Waals surface area contributed by atoms with E-state index < -0.39 is 16.0 Å². The number of methoxy groups -OCH3 is 2. The fraction of sp³-hybridized carbons (Fsp3) is 0.385. The number of anilines is 1. The number of carbonyl (C=O) groups is 1. The summed E-state index contributed by atoms with van der Waals surface area (Å²) in [5.74, 6) is -1.03. The van der Waals surface area contributed by atoms with E-state index in [0.29, 0.717) is 5.69 Å². The summed E-state index contributed by atoms with van der Waals surface area (Å²) in [5.41, 5.74) is 0.318. The molecule has 0 bridgehead atoms. The quantitative estimate of drug-likeness (QED) is 0.481. The molecule has 0 spiro atoms. The summed E-state index contributed by atoms with van der Waals surface area (Å²) in [6, 6.07) is 1.28. The Kier molecular flexibility index (Phi) is 6.41. The van der Waals surface area contributed by atoms with Crippen LogP contribution < -0.4 is 4.31 Å². The van der Waals surface area contributed by atoms with E-state index in [4.69, 9.17) is 25.6 Å². The summed E-state index contributed by atoms with van der Waals surface area (Å²) < 4.78 is 46.2. The lowest BCUT2D eigenvalue weighted by molar-refractivity contribution is -0.0123. The van der Waals surface area contributed by atoms with E-state index in [1.165, 1.54) is 25.7 Å². The smallest absolute Gasteiger partial charge is 0.351 e. The normalized spacial score (nSPS) is 11.5. The predicted octanol–water partition coefficient (Wildman–Crippen LogP) is 2.26. The number of carbonyl (C=O) groups excluding carboxylic acids is 1. The molecule has 25 heavy (non-hydrogen) atoms. The molecule has 0 aliphatic rings. The number of thiophene rings is 1. The number of aryl methyl sites for hydroxylation is 1. The third-order valence-corrected chi connectivity index (χ3v) is 6.14. The molecule has 0 amide bonds. The van der Waals surface area contributed by atoms with Crippen LogP contribution in [-0.4, -0.2) is 47.3 Å². The van der Waals surface area contributed by atoms with Gasteiger partial charge in [0.05, 0.1) is 0 Å². The molecule has 0 saturated heterocycles. The molecular weight excluding hydrogens is 396 g/mol. The summed E-state index contributed by atoms with van der Waals surface area (Å²) in [6.07, 6.45) is 0. The van der Waals surface area contributed by atoms with Crippen LogP contribution >= 0.6 is 22.9 Å². The number of halogens is 1. The van der Waals surface area contributed by atoms with Gasteiger partial charge in [0, 0.05) is 14.2 Å². The first-order valence-electron chi connectivity index (χ1n) is 6.71. The maximum absolute atomic E-state index is 13.0. The number of rotatable bonds is 8. The molecule has 9 nitrogen and oxygen atoms in total. The SMILES string of the molecule is COCOC(=O)c1sccc1S(=O)(=O)N(COC)c1onc(C)c1Cl. The Morgan fingerprint density at radius 1 is 1.40 bits per heavy atom. The van der Waals surface area contributed by atoms with Crippen molar-refractivity contribution in [1.29, 1.82) is 0 Å².